The molecule has 2 aromatic rings. The van der Waals surface area contributed by atoms with Gasteiger partial charge in [-0.25, -0.2) is 4.79 Å². The number of rotatable bonds is 7. The fraction of sp³-hybridized carbons (Fsp3) is 0.300. The van der Waals surface area contributed by atoms with Gasteiger partial charge < -0.3 is 24.4 Å². The van der Waals surface area contributed by atoms with Crippen molar-refractivity contribution in [2.45, 2.75) is 6.36 Å². The first-order valence-corrected chi connectivity index (χ1v) is 9.14. The van der Waals surface area contributed by atoms with Gasteiger partial charge in [-0.05, 0) is 36.4 Å². The number of hydrogen-bond donors (Lipinski definition) is 1. The Bertz CT molecular complexity index is 950. The maximum atomic E-state index is 12.8. The summed E-state index contributed by atoms with van der Waals surface area (Å²) in [5.41, 5.74) is 0.799. The Hall–Kier alpha value is -3.63. The summed E-state index contributed by atoms with van der Waals surface area (Å²) in [6.07, 6.45) is -4.79. The van der Waals surface area contributed by atoms with E-state index >= 15 is 0 Å². The smallest absolute Gasteiger partial charge is 0.497 e. The van der Waals surface area contributed by atoms with Crippen molar-refractivity contribution in [1.82, 2.24) is 4.90 Å². The zero-order valence-electron chi connectivity index (χ0n) is 16.7. The molecule has 3 rings (SSSR count). The van der Waals surface area contributed by atoms with Crippen LogP contribution >= 0.6 is 0 Å². The van der Waals surface area contributed by atoms with E-state index in [9.17, 15) is 22.8 Å². The third-order valence-electron chi connectivity index (χ3n) is 4.48. The number of amides is 3. The first kappa shape index (κ1) is 22.1. The number of benzene rings is 2. The SMILES string of the molecule is COc1ccc(OC)c(N2CCN(CC(=O)Nc3ccc(OC(F)(F)F)cc3)C2=O)c1. The lowest BCUT2D eigenvalue weighted by Crippen LogP contribution is -2.37. The van der Waals surface area contributed by atoms with Gasteiger partial charge in [-0.3, -0.25) is 9.69 Å². The number of anilines is 2. The molecule has 1 aliphatic heterocycles. The molecule has 0 aliphatic carbocycles. The van der Waals surface area contributed by atoms with Gasteiger partial charge in [0.2, 0.25) is 5.91 Å². The number of carbonyl (C=O) groups is 2. The Morgan fingerprint density at radius 1 is 1.03 bits per heavy atom. The highest BCUT2D eigenvalue weighted by molar-refractivity contribution is 6.00. The second kappa shape index (κ2) is 9.02. The second-order valence-corrected chi connectivity index (χ2v) is 6.51. The lowest BCUT2D eigenvalue weighted by Gasteiger charge is -2.21. The van der Waals surface area contributed by atoms with Gasteiger partial charge in [0.25, 0.3) is 0 Å². The normalized spacial score (nSPS) is 13.9. The van der Waals surface area contributed by atoms with E-state index < -0.39 is 18.0 Å². The summed E-state index contributed by atoms with van der Waals surface area (Å²) in [6.45, 7) is 0.437. The highest BCUT2D eigenvalue weighted by Gasteiger charge is 2.33. The minimum Gasteiger partial charge on any atom is -0.497 e. The Morgan fingerprint density at radius 2 is 1.71 bits per heavy atom. The van der Waals surface area contributed by atoms with Crippen molar-refractivity contribution in [2.75, 3.05) is 44.1 Å². The van der Waals surface area contributed by atoms with E-state index in [1.54, 1.807) is 18.2 Å². The van der Waals surface area contributed by atoms with Gasteiger partial charge in [0, 0.05) is 24.8 Å². The van der Waals surface area contributed by atoms with Gasteiger partial charge in [-0.1, -0.05) is 0 Å². The standard InChI is InChI=1S/C20H20F3N3O5/c1-29-15-7-8-17(30-2)16(11-15)26-10-9-25(19(26)28)12-18(27)24-13-3-5-14(6-4-13)31-20(21,22)23/h3-8,11H,9-10,12H2,1-2H3,(H,24,27). The van der Waals surface area contributed by atoms with Crippen LogP contribution in [0.2, 0.25) is 0 Å². The maximum absolute atomic E-state index is 12.8. The third kappa shape index (κ3) is 5.50. The Morgan fingerprint density at radius 3 is 2.32 bits per heavy atom. The minimum atomic E-state index is -4.79. The van der Waals surface area contributed by atoms with Crippen LogP contribution in [0.25, 0.3) is 0 Å². The number of methoxy groups -OCH3 is 2. The zero-order valence-corrected chi connectivity index (χ0v) is 16.7. The van der Waals surface area contributed by atoms with Crippen molar-refractivity contribution < 1.29 is 37.0 Å². The van der Waals surface area contributed by atoms with Crippen LogP contribution in [-0.4, -0.2) is 57.1 Å². The summed E-state index contributed by atoms with van der Waals surface area (Å²) < 4.78 is 50.9. The van der Waals surface area contributed by atoms with Crippen molar-refractivity contribution in [3.8, 4) is 17.2 Å². The molecule has 3 amide bonds. The molecule has 11 heteroatoms. The topological polar surface area (TPSA) is 80.3 Å². The first-order valence-electron chi connectivity index (χ1n) is 9.14. The van der Waals surface area contributed by atoms with E-state index in [1.165, 1.54) is 36.2 Å². The van der Waals surface area contributed by atoms with Crippen molar-refractivity contribution >= 4 is 23.3 Å². The van der Waals surface area contributed by atoms with Crippen LogP contribution in [0, 0.1) is 0 Å². The van der Waals surface area contributed by atoms with E-state index in [4.69, 9.17) is 9.47 Å². The number of urea groups is 1. The van der Waals surface area contributed by atoms with Crippen molar-refractivity contribution in [1.29, 1.82) is 0 Å². The Kier molecular flexibility index (Phi) is 6.42. The van der Waals surface area contributed by atoms with Gasteiger partial charge >= 0.3 is 12.4 Å². The molecule has 0 atom stereocenters. The molecule has 1 N–H and O–H groups in total. The molecular formula is C20H20F3N3O5. The molecule has 0 bridgehead atoms. The fourth-order valence-electron chi connectivity index (χ4n) is 3.07. The molecule has 8 nitrogen and oxygen atoms in total. The van der Waals surface area contributed by atoms with Gasteiger partial charge in [-0.2, -0.15) is 0 Å². The largest absolute Gasteiger partial charge is 0.573 e. The van der Waals surface area contributed by atoms with Crippen LogP contribution in [0.4, 0.5) is 29.3 Å². The molecule has 0 aromatic heterocycles. The average Bonchev–Trinajstić information content (AvgIpc) is 3.07. The highest BCUT2D eigenvalue weighted by Crippen LogP contribution is 2.34. The lowest BCUT2D eigenvalue weighted by molar-refractivity contribution is -0.274. The summed E-state index contributed by atoms with van der Waals surface area (Å²) in [4.78, 5) is 27.9. The average molecular weight is 439 g/mol. The maximum Gasteiger partial charge on any atom is 0.573 e. The number of halogens is 3. The summed E-state index contributed by atoms with van der Waals surface area (Å²) in [5.74, 6) is 0.153. The third-order valence-corrected chi connectivity index (χ3v) is 4.48. The Labute approximate surface area is 176 Å². The predicted octanol–water partition coefficient (Wildman–Crippen LogP) is 3.48. The molecule has 1 saturated heterocycles. The van der Waals surface area contributed by atoms with Crippen LogP contribution in [0.1, 0.15) is 0 Å². The van der Waals surface area contributed by atoms with E-state index in [2.05, 4.69) is 10.1 Å². The molecule has 1 aliphatic rings. The molecular weight excluding hydrogens is 419 g/mol. The van der Waals surface area contributed by atoms with E-state index in [1.807, 2.05) is 0 Å². The number of hydrogen-bond acceptors (Lipinski definition) is 5. The molecule has 0 spiro atoms. The number of nitrogens with one attached hydrogen (secondary N) is 1. The van der Waals surface area contributed by atoms with Crippen LogP contribution in [0.3, 0.4) is 0 Å². The minimum absolute atomic E-state index is 0.220. The van der Waals surface area contributed by atoms with Crippen LogP contribution in [0.15, 0.2) is 42.5 Å². The predicted molar refractivity (Wildman–Crippen MR) is 106 cm³/mol. The van der Waals surface area contributed by atoms with E-state index in [0.29, 0.717) is 30.3 Å². The monoisotopic (exact) mass is 439 g/mol. The molecule has 166 valence electrons. The van der Waals surface area contributed by atoms with Gasteiger partial charge in [0.05, 0.1) is 19.9 Å². The Balaban J connectivity index is 1.61. The highest BCUT2D eigenvalue weighted by atomic mass is 19.4. The van der Waals surface area contributed by atoms with Crippen molar-refractivity contribution in [3.63, 3.8) is 0 Å². The second-order valence-electron chi connectivity index (χ2n) is 6.51. The summed E-state index contributed by atoms with van der Waals surface area (Å²) >= 11 is 0. The van der Waals surface area contributed by atoms with E-state index in [-0.39, 0.29) is 18.3 Å². The molecule has 1 fully saturated rings. The van der Waals surface area contributed by atoms with Crippen molar-refractivity contribution in [3.05, 3.63) is 42.5 Å². The fourth-order valence-corrected chi connectivity index (χ4v) is 3.07. The van der Waals surface area contributed by atoms with Gasteiger partial charge in [0.15, 0.2) is 0 Å². The van der Waals surface area contributed by atoms with Gasteiger partial charge in [0.1, 0.15) is 23.8 Å². The molecule has 0 radical (unpaired) electrons. The van der Waals surface area contributed by atoms with E-state index in [0.717, 1.165) is 12.1 Å². The summed E-state index contributed by atoms with van der Waals surface area (Å²) in [6, 6.07) is 9.40. The van der Waals surface area contributed by atoms with Crippen molar-refractivity contribution in [2.24, 2.45) is 0 Å². The summed E-state index contributed by atoms with van der Waals surface area (Å²) in [5, 5.41) is 2.54. The molecule has 1 heterocycles. The first-order chi connectivity index (χ1) is 14.7. The van der Waals surface area contributed by atoms with Crippen LogP contribution in [-0.2, 0) is 4.79 Å². The quantitative estimate of drug-likeness (QED) is 0.715. The zero-order chi connectivity index (χ0) is 22.6. The molecule has 0 unspecified atom stereocenters. The molecule has 2 aromatic carbocycles. The molecule has 0 saturated carbocycles. The number of ether oxygens (including phenoxy) is 3. The number of alkyl halides is 3. The van der Waals surface area contributed by atoms with Crippen LogP contribution < -0.4 is 24.4 Å². The lowest BCUT2D eigenvalue weighted by atomic mass is 10.2. The molecule has 31 heavy (non-hydrogen) atoms. The number of nitrogens with zero attached hydrogens (tertiary/aromatic N) is 2. The number of carbonyl (C=O) groups excluding carboxylic acids is 2. The van der Waals surface area contributed by atoms with Crippen LogP contribution in [0.5, 0.6) is 17.2 Å². The summed E-state index contributed by atoms with van der Waals surface area (Å²) in [7, 11) is 3.00. The van der Waals surface area contributed by atoms with Gasteiger partial charge in [-0.15, -0.1) is 13.2 Å².